The molecule has 0 bridgehead atoms. The van der Waals surface area contributed by atoms with Crippen LogP contribution in [0, 0.1) is 10.1 Å². The zero-order valence-electron chi connectivity index (χ0n) is 14.1. The van der Waals surface area contributed by atoms with Gasteiger partial charge in [-0.05, 0) is 18.2 Å². The van der Waals surface area contributed by atoms with E-state index in [9.17, 15) is 14.9 Å². The van der Waals surface area contributed by atoms with Gasteiger partial charge in [0, 0.05) is 36.5 Å². The van der Waals surface area contributed by atoms with Gasteiger partial charge in [0.2, 0.25) is 10.3 Å². The fourth-order valence-electron chi connectivity index (χ4n) is 2.21. The molecule has 0 aliphatic heterocycles. The molecule has 10 heteroatoms. The van der Waals surface area contributed by atoms with Crippen LogP contribution in [0.3, 0.4) is 0 Å². The molecule has 27 heavy (non-hydrogen) atoms. The molecule has 0 fully saturated rings. The lowest BCUT2D eigenvalue weighted by molar-refractivity contribution is -0.384. The van der Waals surface area contributed by atoms with Crippen molar-refractivity contribution in [1.82, 2.24) is 10.2 Å². The number of non-ortho nitro benzene ring substituents is 1. The van der Waals surface area contributed by atoms with Crippen molar-refractivity contribution >= 4 is 38.9 Å². The SMILES string of the molecule is O=C(Nc1nnc(NCCNc2ccccc2)s1)c1cccc([N+](=O)[O-])c1. The Labute approximate surface area is 158 Å². The highest BCUT2D eigenvalue weighted by atomic mass is 32.1. The number of benzene rings is 2. The molecule has 1 heterocycles. The minimum Gasteiger partial charge on any atom is -0.383 e. The van der Waals surface area contributed by atoms with E-state index in [0.717, 1.165) is 5.69 Å². The lowest BCUT2D eigenvalue weighted by Gasteiger charge is -2.06. The molecule has 0 aliphatic carbocycles. The Morgan fingerprint density at radius 2 is 1.74 bits per heavy atom. The number of carbonyl (C=O) groups excluding carboxylic acids is 1. The highest BCUT2D eigenvalue weighted by molar-refractivity contribution is 7.19. The third kappa shape index (κ3) is 5.22. The first-order chi connectivity index (χ1) is 13.1. The van der Waals surface area contributed by atoms with Crippen molar-refractivity contribution in [3.05, 3.63) is 70.3 Å². The van der Waals surface area contributed by atoms with Crippen LogP contribution in [-0.2, 0) is 0 Å². The second kappa shape index (κ2) is 8.72. The predicted octanol–water partition coefficient (Wildman–Crippen LogP) is 3.22. The van der Waals surface area contributed by atoms with E-state index in [1.165, 1.54) is 35.6 Å². The minimum absolute atomic E-state index is 0.145. The highest BCUT2D eigenvalue weighted by Crippen LogP contribution is 2.21. The predicted molar refractivity (Wildman–Crippen MR) is 104 cm³/mol. The molecule has 0 unspecified atom stereocenters. The maximum absolute atomic E-state index is 12.2. The van der Waals surface area contributed by atoms with Crippen LogP contribution in [0.25, 0.3) is 0 Å². The number of nitro benzene ring substituents is 1. The third-order valence-electron chi connectivity index (χ3n) is 3.47. The number of aromatic nitrogens is 2. The topological polar surface area (TPSA) is 122 Å². The monoisotopic (exact) mass is 384 g/mol. The maximum atomic E-state index is 12.2. The number of anilines is 3. The summed E-state index contributed by atoms with van der Waals surface area (Å²) in [6, 6.07) is 15.3. The maximum Gasteiger partial charge on any atom is 0.270 e. The molecule has 0 atom stereocenters. The fourth-order valence-corrected chi connectivity index (χ4v) is 2.87. The van der Waals surface area contributed by atoms with Crippen LogP contribution in [0.1, 0.15) is 10.4 Å². The fraction of sp³-hybridized carbons (Fsp3) is 0.118. The van der Waals surface area contributed by atoms with E-state index in [1.54, 1.807) is 0 Å². The van der Waals surface area contributed by atoms with Gasteiger partial charge in [0.15, 0.2) is 0 Å². The van der Waals surface area contributed by atoms with Gasteiger partial charge >= 0.3 is 0 Å². The zero-order chi connectivity index (χ0) is 19.1. The molecule has 0 spiro atoms. The number of nitrogens with zero attached hydrogens (tertiary/aromatic N) is 3. The summed E-state index contributed by atoms with van der Waals surface area (Å²) in [7, 11) is 0. The smallest absolute Gasteiger partial charge is 0.270 e. The van der Waals surface area contributed by atoms with Crippen molar-refractivity contribution in [3.63, 3.8) is 0 Å². The number of hydrogen-bond donors (Lipinski definition) is 3. The summed E-state index contributed by atoms with van der Waals surface area (Å²) in [5.74, 6) is -0.479. The Balaban J connectivity index is 1.49. The van der Waals surface area contributed by atoms with Crippen LogP contribution < -0.4 is 16.0 Å². The summed E-state index contributed by atoms with van der Waals surface area (Å²) in [6.45, 7) is 1.32. The first-order valence-corrected chi connectivity index (χ1v) is 8.85. The molecule has 0 radical (unpaired) electrons. The summed E-state index contributed by atoms with van der Waals surface area (Å²) in [5, 5.41) is 28.5. The van der Waals surface area contributed by atoms with E-state index in [1.807, 2.05) is 30.3 Å². The van der Waals surface area contributed by atoms with Crippen molar-refractivity contribution in [1.29, 1.82) is 0 Å². The van der Waals surface area contributed by atoms with E-state index in [-0.39, 0.29) is 11.3 Å². The second-order valence-corrected chi connectivity index (χ2v) is 6.37. The van der Waals surface area contributed by atoms with Gasteiger partial charge in [0.1, 0.15) is 0 Å². The Kier molecular flexibility index (Phi) is 5.90. The van der Waals surface area contributed by atoms with Gasteiger partial charge in [0.05, 0.1) is 4.92 Å². The van der Waals surface area contributed by atoms with Gasteiger partial charge in [-0.1, -0.05) is 35.6 Å². The van der Waals surface area contributed by atoms with Gasteiger partial charge in [-0.2, -0.15) is 0 Å². The third-order valence-corrected chi connectivity index (χ3v) is 4.27. The largest absolute Gasteiger partial charge is 0.383 e. The van der Waals surface area contributed by atoms with Crippen molar-refractivity contribution in [2.45, 2.75) is 0 Å². The van der Waals surface area contributed by atoms with E-state index >= 15 is 0 Å². The Hall–Kier alpha value is -3.53. The molecular weight excluding hydrogens is 368 g/mol. The number of para-hydroxylation sites is 1. The molecule has 1 amide bonds. The van der Waals surface area contributed by atoms with E-state index in [2.05, 4.69) is 26.1 Å². The molecule has 9 nitrogen and oxygen atoms in total. The Morgan fingerprint density at radius 3 is 2.52 bits per heavy atom. The van der Waals surface area contributed by atoms with Crippen LogP contribution >= 0.6 is 11.3 Å². The Morgan fingerprint density at radius 1 is 1.00 bits per heavy atom. The van der Waals surface area contributed by atoms with Crippen molar-refractivity contribution in [2.24, 2.45) is 0 Å². The van der Waals surface area contributed by atoms with Gasteiger partial charge in [0.25, 0.3) is 11.6 Å². The van der Waals surface area contributed by atoms with Crippen LogP contribution in [0.4, 0.5) is 21.6 Å². The molecule has 0 saturated heterocycles. The van der Waals surface area contributed by atoms with Crippen molar-refractivity contribution < 1.29 is 9.72 Å². The molecule has 3 rings (SSSR count). The van der Waals surface area contributed by atoms with Crippen LogP contribution in [-0.4, -0.2) is 34.1 Å². The summed E-state index contributed by atoms with van der Waals surface area (Å²) in [5.41, 5.74) is 1.07. The Bertz CT molecular complexity index is 931. The molecule has 2 aromatic carbocycles. The van der Waals surface area contributed by atoms with Crippen molar-refractivity contribution in [2.75, 3.05) is 29.0 Å². The molecule has 1 aromatic heterocycles. The lowest BCUT2D eigenvalue weighted by atomic mass is 10.2. The van der Waals surface area contributed by atoms with E-state index in [0.29, 0.717) is 23.4 Å². The number of amides is 1. The first-order valence-electron chi connectivity index (χ1n) is 8.04. The molecule has 0 saturated carbocycles. The number of nitro groups is 1. The first kappa shape index (κ1) is 18.3. The molecule has 3 aromatic rings. The van der Waals surface area contributed by atoms with Crippen LogP contribution in [0.2, 0.25) is 0 Å². The lowest BCUT2D eigenvalue weighted by Crippen LogP contribution is -2.13. The number of nitrogens with one attached hydrogen (secondary N) is 3. The summed E-state index contributed by atoms with van der Waals surface area (Å²) < 4.78 is 0. The number of carbonyl (C=O) groups is 1. The average Bonchev–Trinajstić information content (AvgIpc) is 3.13. The minimum atomic E-state index is -0.548. The quantitative estimate of drug-likeness (QED) is 0.310. The molecular formula is C17H16N6O3S. The average molecular weight is 384 g/mol. The summed E-state index contributed by atoms with van der Waals surface area (Å²) >= 11 is 1.19. The van der Waals surface area contributed by atoms with Crippen molar-refractivity contribution in [3.8, 4) is 0 Å². The number of rotatable bonds is 8. The number of hydrogen-bond acceptors (Lipinski definition) is 8. The molecule has 138 valence electrons. The van der Waals surface area contributed by atoms with E-state index < -0.39 is 10.8 Å². The summed E-state index contributed by atoms with van der Waals surface area (Å²) in [6.07, 6.45) is 0. The van der Waals surface area contributed by atoms with Crippen LogP contribution in [0.15, 0.2) is 54.6 Å². The van der Waals surface area contributed by atoms with Crippen LogP contribution in [0.5, 0.6) is 0 Å². The summed E-state index contributed by atoms with van der Waals surface area (Å²) in [4.78, 5) is 22.4. The normalized spacial score (nSPS) is 10.2. The van der Waals surface area contributed by atoms with Gasteiger partial charge < -0.3 is 10.6 Å². The molecule has 3 N–H and O–H groups in total. The van der Waals surface area contributed by atoms with Gasteiger partial charge in [-0.25, -0.2) is 0 Å². The zero-order valence-corrected chi connectivity index (χ0v) is 14.9. The van der Waals surface area contributed by atoms with E-state index in [4.69, 9.17) is 0 Å². The van der Waals surface area contributed by atoms with Gasteiger partial charge in [-0.15, -0.1) is 10.2 Å². The highest BCUT2D eigenvalue weighted by Gasteiger charge is 2.13. The second-order valence-electron chi connectivity index (χ2n) is 5.39. The standard InChI is InChI=1S/C17H16N6O3S/c24-15(12-5-4-8-14(11-12)23(25)26)20-17-22-21-16(27-17)19-10-9-18-13-6-2-1-3-7-13/h1-8,11,18H,9-10H2,(H,19,21)(H,20,22,24). The molecule has 0 aliphatic rings. The van der Waals surface area contributed by atoms with Gasteiger partial charge in [-0.3, -0.25) is 20.2 Å².